The van der Waals surface area contributed by atoms with E-state index in [0.29, 0.717) is 0 Å². The minimum atomic E-state index is 0.0279. The topological polar surface area (TPSA) is 51.0 Å². The molecule has 1 aromatic carbocycles. The second-order valence-electron chi connectivity index (χ2n) is 5.74. The van der Waals surface area contributed by atoms with Crippen molar-refractivity contribution in [2.24, 2.45) is 0 Å². The van der Waals surface area contributed by atoms with Gasteiger partial charge in [-0.05, 0) is 38.5 Å². The number of aryl methyl sites for hydroxylation is 2. The van der Waals surface area contributed by atoms with Gasteiger partial charge in [-0.2, -0.15) is 0 Å². The smallest absolute Gasteiger partial charge is 0.139 e. The van der Waals surface area contributed by atoms with Crippen molar-refractivity contribution in [2.75, 3.05) is 5.32 Å². The molecule has 0 saturated heterocycles. The summed E-state index contributed by atoms with van der Waals surface area (Å²) in [7, 11) is 0. The highest BCUT2D eigenvalue weighted by atomic mass is 32.1. The van der Waals surface area contributed by atoms with Crippen LogP contribution in [0.25, 0.3) is 21.2 Å². The molecule has 3 heterocycles. The maximum atomic E-state index is 5.95. The van der Waals surface area contributed by atoms with Crippen LogP contribution in [0.2, 0.25) is 0 Å². The fraction of sp³-hybridized carbons (Fsp3) is 0.222. The van der Waals surface area contributed by atoms with Crippen LogP contribution >= 0.6 is 11.3 Å². The predicted molar refractivity (Wildman–Crippen MR) is 95.1 cm³/mol. The Hall–Kier alpha value is -2.40. The third kappa shape index (κ3) is 2.37. The van der Waals surface area contributed by atoms with Crippen LogP contribution in [0.1, 0.15) is 29.2 Å². The molecule has 0 spiro atoms. The molecule has 0 aliphatic carbocycles. The van der Waals surface area contributed by atoms with Gasteiger partial charge in [0, 0.05) is 10.3 Å². The number of thiophene rings is 1. The molecule has 4 nitrogen and oxygen atoms in total. The van der Waals surface area contributed by atoms with E-state index in [1.54, 1.807) is 17.7 Å². The predicted octanol–water partition coefficient (Wildman–Crippen LogP) is 5.23. The summed E-state index contributed by atoms with van der Waals surface area (Å²) in [5, 5.41) is 5.70. The highest BCUT2D eigenvalue weighted by Crippen LogP contribution is 2.34. The van der Waals surface area contributed by atoms with Gasteiger partial charge in [-0.25, -0.2) is 9.97 Å². The van der Waals surface area contributed by atoms with Gasteiger partial charge in [0.1, 0.15) is 28.3 Å². The van der Waals surface area contributed by atoms with Crippen LogP contribution in [0, 0.1) is 13.8 Å². The van der Waals surface area contributed by atoms with E-state index in [0.717, 1.165) is 32.8 Å². The Balaban J connectivity index is 1.72. The summed E-state index contributed by atoms with van der Waals surface area (Å²) in [4.78, 5) is 11.1. The van der Waals surface area contributed by atoms with E-state index in [4.69, 9.17) is 4.42 Å². The van der Waals surface area contributed by atoms with Crippen molar-refractivity contribution in [1.82, 2.24) is 9.97 Å². The van der Waals surface area contributed by atoms with Crippen LogP contribution < -0.4 is 5.32 Å². The Kier molecular flexibility index (Phi) is 3.31. The van der Waals surface area contributed by atoms with E-state index >= 15 is 0 Å². The quantitative estimate of drug-likeness (QED) is 0.561. The second-order valence-corrected chi connectivity index (χ2v) is 6.94. The molecule has 0 aliphatic heterocycles. The molecule has 0 saturated carbocycles. The molecule has 4 aromatic rings. The minimum Gasteiger partial charge on any atom is -0.459 e. The number of benzene rings is 1. The van der Waals surface area contributed by atoms with Crippen molar-refractivity contribution in [3.63, 3.8) is 0 Å². The Morgan fingerprint density at radius 2 is 2.00 bits per heavy atom. The lowest BCUT2D eigenvalue weighted by molar-refractivity contribution is 0.526. The molecular weight excluding hydrogens is 306 g/mol. The van der Waals surface area contributed by atoms with Gasteiger partial charge in [-0.3, -0.25) is 0 Å². The summed E-state index contributed by atoms with van der Waals surface area (Å²) in [6.07, 6.45) is 1.62. The maximum Gasteiger partial charge on any atom is 0.139 e. The van der Waals surface area contributed by atoms with Crippen LogP contribution in [0.15, 0.2) is 41.1 Å². The molecule has 0 bridgehead atoms. The average Bonchev–Trinajstić information content (AvgIpc) is 3.10. The monoisotopic (exact) mass is 323 g/mol. The SMILES string of the molecule is Cc1sc2ncnc(N[C@H](C)c3cc4ccccc4o3)c2c1C. The molecule has 1 N–H and O–H groups in total. The molecule has 0 aliphatic rings. The number of rotatable bonds is 3. The summed E-state index contributed by atoms with van der Waals surface area (Å²) in [6.45, 7) is 6.32. The lowest BCUT2D eigenvalue weighted by Gasteiger charge is -2.13. The molecular formula is C18H17N3OS. The third-order valence-corrected chi connectivity index (χ3v) is 5.31. The maximum absolute atomic E-state index is 5.95. The van der Waals surface area contributed by atoms with Gasteiger partial charge in [-0.15, -0.1) is 11.3 Å². The zero-order valence-electron chi connectivity index (χ0n) is 13.3. The first kappa shape index (κ1) is 14.2. The summed E-state index contributed by atoms with van der Waals surface area (Å²) >= 11 is 1.71. The number of hydrogen-bond acceptors (Lipinski definition) is 5. The van der Waals surface area contributed by atoms with Crippen molar-refractivity contribution in [1.29, 1.82) is 0 Å². The number of aromatic nitrogens is 2. The Morgan fingerprint density at radius 3 is 2.83 bits per heavy atom. The molecule has 1 atom stereocenters. The summed E-state index contributed by atoms with van der Waals surface area (Å²) in [6, 6.07) is 10.2. The van der Waals surface area contributed by atoms with E-state index in [2.05, 4.69) is 48.2 Å². The molecule has 0 fully saturated rings. The van der Waals surface area contributed by atoms with Crippen LogP contribution in [0.3, 0.4) is 0 Å². The Bertz CT molecular complexity index is 969. The van der Waals surface area contributed by atoms with Gasteiger partial charge in [0.25, 0.3) is 0 Å². The van der Waals surface area contributed by atoms with E-state index < -0.39 is 0 Å². The normalized spacial score (nSPS) is 12.8. The fourth-order valence-electron chi connectivity index (χ4n) is 2.78. The molecule has 23 heavy (non-hydrogen) atoms. The molecule has 116 valence electrons. The average molecular weight is 323 g/mol. The molecule has 4 rings (SSSR count). The lowest BCUT2D eigenvalue weighted by Crippen LogP contribution is -2.07. The largest absolute Gasteiger partial charge is 0.459 e. The summed E-state index contributed by atoms with van der Waals surface area (Å²) < 4.78 is 5.95. The van der Waals surface area contributed by atoms with Gasteiger partial charge in [0.05, 0.1) is 11.4 Å². The molecule has 0 unspecified atom stereocenters. The van der Waals surface area contributed by atoms with Gasteiger partial charge in [0.15, 0.2) is 0 Å². The van der Waals surface area contributed by atoms with E-state index in [-0.39, 0.29) is 6.04 Å². The van der Waals surface area contributed by atoms with Crippen molar-refractivity contribution in [2.45, 2.75) is 26.8 Å². The van der Waals surface area contributed by atoms with Gasteiger partial charge >= 0.3 is 0 Å². The number of furan rings is 1. The van der Waals surface area contributed by atoms with Crippen LogP contribution in [0.5, 0.6) is 0 Å². The van der Waals surface area contributed by atoms with Gasteiger partial charge in [-0.1, -0.05) is 18.2 Å². The minimum absolute atomic E-state index is 0.0279. The van der Waals surface area contributed by atoms with Crippen LogP contribution in [0.4, 0.5) is 5.82 Å². The number of nitrogens with zero attached hydrogens (tertiary/aromatic N) is 2. The molecule has 0 amide bonds. The first-order chi connectivity index (χ1) is 11.1. The second kappa shape index (κ2) is 5.35. The number of fused-ring (bicyclic) bond motifs is 2. The number of nitrogens with one attached hydrogen (secondary N) is 1. The van der Waals surface area contributed by atoms with E-state index in [9.17, 15) is 0 Å². The molecule has 0 radical (unpaired) electrons. The standard InChI is InChI=1S/C18H17N3OS/c1-10-12(3)23-18-16(10)17(19-9-20-18)21-11(2)15-8-13-6-4-5-7-14(13)22-15/h4-9,11H,1-3H3,(H,19,20,21)/t11-/m1/s1. The highest BCUT2D eigenvalue weighted by Gasteiger charge is 2.16. The van der Waals surface area contributed by atoms with Crippen molar-refractivity contribution in [3.8, 4) is 0 Å². The van der Waals surface area contributed by atoms with Crippen molar-refractivity contribution >= 4 is 38.3 Å². The van der Waals surface area contributed by atoms with Crippen molar-refractivity contribution < 1.29 is 4.42 Å². The van der Waals surface area contributed by atoms with Crippen molar-refractivity contribution in [3.05, 3.63) is 52.9 Å². The van der Waals surface area contributed by atoms with E-state index in [1.165, 1.54) is 10.4 Å². The first-order valence-electron chi connectivity index (χ1n) is 7.59. The number of para-hydroxylation sites is 1. The summed E-state index contributed by atoms with van der Waals surface area (Å²) in [5.41, 5.74) is 2.15. The third-order valence-electron chi connectivity index (χ3n) is 4.19. The highest BCUT2D eigenvalue weighted by molar-refractivity contribution is 7.18. The van der Waals surface area contributed by atoms with Gasteiger partial charge < -0.3 is 9.73 Å². The van der Waals surface area contributed by atoms with E-state index in [1.807, 2.05) is 18.2 Å². The zero-order chi connectivity index (χ0) is 16.0. The van der Waals surface area contributed by atoms with Gasteiger partial charge in [0.2, 0.25) is 0 Å². The number of anilines is 1. The zero-order valence-corrected chi connectivity index (χ0v) is 14.1. The Morgan fingerprint density at radius 1 is 1.17 bits per heavy atom. The molecule has 5 heteroatoms. The summed E-state index contributed by atoms with van der Waals surface area (Å²) in [5.74, 6) is 1.77. The molecule has 3 aromatic heterocycles. The van der Waals surface area contributed by atoms with Crippen LogP contribution in [-0.2, 0) is 0 Å². The lowest BCUT2D eigenvalue weighted by atomic mass is 10.2. The van der Waals surface area contributed by atoms with Crippen LogP contribution in [-0.4, -0.2) is 9.97 Å². The Labute approximate surface area is 138 Å². The fourth-order valence-corrected chi connectivity index (χ4v) is 3.78. The first-order valence-corrected chi connectivity index (χ1v) is 8.41. The number of hydrogen-bond donors (Lipinski definition) is 1.